The Bertz CT molecular complexity index is 1230. The zero-order chi connectivity index (χ0) is 22.5. The van der Waals surface area contributed by atoms with E-state index in [-0.39, 0.29) is 16.2 Å². The van der Waals surface area contributed by atoms with Crippen molar-refractivity contribution in [3.8, 4) is 22.6 Å². The first kappa shape index (κ1) is 20.1. The van der Waals surface area contributed by atoms with E-state index in [1.54, 1.807) is 0 Å². The summed E-state index contributed by atoms with van der Waals surface area (Å²) in [7, 11) is 0. The van der Waals surface area contributed by atoms with Gasteiger partial charge in [0.15, 0.2) is 5.82 Å². The Morgan fingerprint density at radius 2 is 1.47 bits per heavy atom. The maximum atomic E-state index is 4.96. The minimum atomic E-state index is 0.0967. The van der Waals surface area contributed by atoms with Crippen LogP contribution < -0.4 is 0 Å². The molecule has 2 heterocycles. The van der Waals surface area contributed by atoms with Crippen LogP contribution in [0.25, 0.3) is 22.6 Å². The lowest BCUT2D eigenvalue weighted by atomic mass is 9.59. The number of hydrogen-bond acceptors (Lipinski definition) is 3. The molecule has 164 valence electrons. The molecule has 1 saturated carbocycles. The molecule has 32 heavy (non-hydrogen) atoms. The molecule has 6 rings (SSSR count). The number of nitrogens with zero attached hydrogens (tertiary/aromatic N) is 3. The van der Waals surface area contributed by atoms with Crippen molar-refractivity contribution in [2.24, 2.45) is 5.41 Å². The lowest BCUT2D eigenvalue weighted by Gasteiger charge is -2.44. The highest BCUT2D eigenvalue weighted by Crippen LogP contribution is 2.61. The highest BCUT2D eigenvalue weighted by molar-refractivity contribution is 5.67. The fourth-order valence-electron chi connectivity index (χ4n) is 6.61. The topological polar surface area (TPSA) is 38.7 Å². The normalized spacial score (nSPS) is 25.6. The van der Waals surface area contributed by atoms with Gasteiger partial charge in [-0.3, -0.25) is 4.98 Å². The van der Waals surface area contributed by atoms with Crippen LogP contribution in [0.5, 0.6) is 0 Å². The average molecular weight is 424 g/mol. The molecule has 3 aromatic rings. The van der Waals surface area contributed by atoms with Gasteiger partial charge in [0, 0.05) is 29.4 Å². The molecule has 0 saturated heterocycles. The zero-order valence-electron chi connectivity index (χ0n) is 20.2. The van der Waals surface area contributed by atoms with Gasteiger partial charge in [0.1, 0.15) is 0 Å². The molecule has 3 heteroatoms. The molecule has 0 spiro atoms. The molecule has 0 radical (unpaired) electrons. The summed E-state index contributed by atoms with van der Waals surface area (Å²) in [5, 5.41) is 0. The summed E-state index contributed by atoms with van der Waals surface area (Å²) in [5.74, 6) is 2.16. The molecule has 0 aliphatic heterocycles. The molecular weight excluding hydrogens is 390 g/mol. The van der Waals surface area contributed by atoms with E-state index in [1.807, 2.05) is 6.20 Å². The fraction of sp³-hybridized carbons (Fsp3) is 0.483. The highest BCUT2D eigenvalue weighted by atomic mass is 14.9. The summed E-state index contributed by atoms with van der Waals surface area (Å²) in [5.41, 5.74) is 9.19. The zero-order valence-corrected chi connectivity index (χ0v) is 20.2. The predicted octanol–water partition coefficient (Wildman–Crippen LogP) is 7.17. The van der Waals surface area contributed by atoms with Gasteiger partial charge in [0.25, 0.3) is 0 Å². The van der Waals surface area contributed by atoms with E-state index < -0.39 is 0 Å². The molecule has 2 atom stereocenters. The maximum absolute atomic E-state index is 4.96. The minimum Gasteiger partial charge on any atom is -0.255 e. The number of hydrogen-bond donors (Lipinski definition) is 0. The van der Waals surface area contributed by atoms with E-state index in [2.05, 4.69) is 83.1 Å². The summed E-state index contributed by atoms with van der Waals surface area (Å²) < 4.78 is 0. The summed E-state index contributed by atoms with van der Waals surface area (Å²) in [6, 6.07) is 11.2. The van der Waals surface area contributed by atoms with Crippen molar-refractivity contribution in [1.29, 1.82) is 0 Å². The van der Waals surface area contributed by atoms with Gasteiger partial charge in [-0.15, -0.1) is 0 Å². The lowest BCUT2D eigenvalue weighted by molar-refractivity contribution is 0.125. The van der Waals surface area contributed by atoms with Crippen LogP contribution in [0, 0.1) is 5.41 Å². The van der Waals surface area contributed by atoms with E-state index in [0.717, 1.165) is 17.1 Å². The van der Waals surface area contributed by atoms with Gasteiger partial charge in [-0.25, -0.2) is 9.97 Å². The van der Waals surface area contributed by atoms with Crippen LogP contribution in [0.4, 0.5) is 0 Å². The van der Waals surface area contributed by atoms with Gasteiger partial charge in [-0.05, 0) is 76.3 Å². The number of benzene rings is 1. The van der Waals surface area contributed by atoms with E-state index in [9.17, 15) is 0 Å². The monoisotopic (exact) mass is 423 g/mol. The third-order valence-corrected chi connectivity index (χ3v) is 9.92. The van der Waals surface area contributed by atoms with Crippen LogP contribution in [0.3, 0.4) is 0 Å². The molecule has 2 bridgehead atoms. The smallest absolute Gasteiger partial charge is 0.160 e. The molecule has 3 nitrogen and oxygen atoms in total. The largest absolute Gasteiger partial charge is 0.255 e. The second-order valence-electron chi connectivity index (χ2n) is 11.8. The van der Waals surface area contributed by atoms with Crippen LogP contribution >= 0.6 is 0 Å². The molecular formula is C29H33N3. The third kappa shape index (κ3) is 2.45. The Morgan fingerprint density at radius 3 is 2.22 bits per heavy atom. The standard InChI is InChI=1S/C29H33N3/c1-27(2)22-11-9-18(14-23(22)28(3,4)29(27,5)6)24-12-10-20(15-30-24)26-31-16-21-17-7-8-19(13-17)25(21)32-26/h9-12,14-17,19H,7-8,13H2,1-6H3. The molecule has 2 aromatic heterocycles. The molecule has 3 aliphatic rings. The first-order chi connectivity index (χ1) is 15.1. The summed E-state index contributed by atoms with van der Waals surface area (Å²) in [6.45, 7) is 14.4. The highest BCUT2D eigenvalue weighted by Gasteiger charge is 2.56. The minimum absolute atomic E-state index is 0.0967. The summed E-state index contributed by atoms with van der Waals surface area (Å²) in [6.07, 6.45) is 7.88. The Hall–Kier alpha value is -2.55. The van der Waals surface area contributed by atoms with Gasteiger partial charge in [0.2, 0.25) is 0 Å². The van der Waals surface area contributed by atoms with Crippen molar-refractivity contribution in [2.45, 2.75) is 83.5 Å². The molecule has 0 amide bonds. The van der Waals surface area contributed by atoms with Crippen LogP contribution in [0.2, 0.25) is 0 Å². The first-order valence-corrected chi connectivity index (χ1v) is 12.1. The molecule has 1 aromatic carbocycles. The third-order valence-electron chi connectivity index (χ3n) is 9.92. The Balaban J connectivity index is 1.35. The van der Waals surface area contributed by atoms with E-state index in [4.69, 9.17) is 9.97 Å². The van der Waals surface area contributed by atoms with Crippen molar-refractivity contribution in [3.05, 3.63) is 65.1 Å². The van der Waals surface area contributed by atoms with Gasteiger partial charge >= 0.3 is 0 Å². The molecule has 1 fully saturated rings. The quantitative estimate of drug-likeness (QED) is 0.439. The fourth-order valence-corrected chi connectivity index (χ4v) is 6.61. The van der Waals surface area contributed by atoms with Crippen molar-refractivity contribution in [2.75, 3.05) is 0 Å². The van der Waals surface area contributed by atoms with E-state index in [1.165, 1.54) is 47.2 Å². The van der Waals surface area contributed by atoms with Gasteiger partial charge in [-0.2, -0.15) is 0 Å². The van der Waals surface area contributed by atoms with Crippen molar-refractivity contribution in [1.82, 2.24) is 15.0 Å². The van der Waals surface area contributed by atoms with Crippen molar-refractivity contribution >= 4 is 0 Å². The lowest BCUT2D eigenvalue weighted by Crippen LogP contribution is -2.42. The molecule has 3 aliphatic carbocycles. The Labute approximate surface area is 191 Å². The first-order valence-electron chi connectivity index (χ1n) is 12.1. The second-order valence-corrected chi connectivity index (χ2v) is 11.8. The number of fused-ring (bicyclic) bond motifs is 6. The van der Waals surface area contributed by atoms with Gasteiger partial charge in [-0.1, -0.05) is 53.7 Å². The van der Waals surface area contributed by atoms with E-state index >= 15 is 0 Å². The maximum Gasteiger partial charge on any atom is 0.160 e. The number of rotatable bonds is 2. The van der Waals surface area contributed by atoms with Crippen LogP contribution in [-0.2, 0) is 10.8 Å². The number of pyridine rings is 1. The van der Waals surface area contributed by atoms with E-state index in [0.29, 0.717) is 11.8 Å². The van der Waals surface area contributed by atoms with Crippen LogP contribution in [0.1, 0.15) is 95.0 Å². The predicted molar refractivity (Wildman–Crippen MR) is 130 cm³/mol. The molecule has 2 unspecified atom stereocenters. The SMILES string of the molecule is CC1(C)c2ccc(-c3ccc(-c4ncc5c(n4)C4CCC5C4)cn3)cc2C(C)(C)C1(C)C. The average Bonchev–Trinajstić information content (AvgIpc) is 3.43. The summed E-state index contributed by atoms with van der Waals surface area (Å²) in [4.78, 5) is 14.5. The number of aromatic nitrogens is 3. The second kappa shape index (κ2) is 6.27. The Kier molecular flexibility index (Phi) is 3.94. The van der Waals surface area contributed by atoms with Crippen molar-refractivity contribution in [3.63, 3.8) is 0 Å². The van der Waals surface area contributed by atoms with Gasteiger partial charge < -0.3 is 0 Å². The van der Waals surface area contributed by atoms with Crippen molar-refractivity contribution < 1.29 is 0 Å². The van der Waals surface area contributed by atoms with Gasteiger partial charge in [0.05, 0.1) is 11.4 Å². The Morgan fingerprint density at radius 1 is 0.750 bits per heavy atom. The summed E-state index contributed by atoms with van der Waals surface area (Å²) >= 11 is 0. The van der Waals surface area contributed by atoms with Crippen LogP contribution in [0.15, 0.2) is 42.7 Å². The van der Waals surface area contributed by atoms with Crippen LogP contribution in [-0.4, -0.2) is 15.0 Å². The molecule has 0 N–H and O–H groups in total.